The predicted octanol–water partition coefficient (Wildman–Crippen LogP) is 2.91. The molecule has 1 fully saturated rings. The Bertz CT molecular complexity index is 460. The molecule has 0 unspecified atom stereocenters. The number of rotatable bonds is 5. The molecule has 0 radical (unpaired) electrons. The topological polar surface area (TPSA) is 23.6 Å². The minimum Gasteiger partial charge on any atom is -0.341 e. The van der Waals surface area contributed by atoms with Gasteiger partial charge >= 0.3 is 0 Å². The summed E-state index contributed by atoms with van der Waals surface area (Å²) in [5.74, 6) is 0.648. The Labute approximate surface area is 126 Å². The normalized spacial score (nSPS) is 19.5. The highest BCUT2D eigenvalue weighted by atomic mass is 19.1. The lowest BCUT2D eigenvalue weighted by atomic mass is 10.0. The van der Waals surface area contributed by atoms with Crippen molar-refractivity contribution in [3.05, 3.63) is 35.6 Å². The van der Waals surface area contributed by atoms with Crippen LogP contribution in [0.15, 0.2) is 24.3 Å². The summed E-state index contributed by atoms with van der Waals surface area (Å²) in [5.41, 5.74) is 0.957. The lowest BCUT2D eigenvalue weighted by Gasteiger charge is -2.31. The molecule has 0 spiro atoms. The van der Waals surface area contributed by atoms with Crippen LogP contribution >= 0.6 is 0 Å². The van der Waals surface area contributed by atoms with Crippen molar-refractivity contribution in [2.75, 3.05) is 26.7 Å². The molecule has 0 aromatic heterocycles. The van der Waals surface area contributed by atoms with E-state index in [-0.39, 0.29) is 11.7 Å². The van der Waals surface area contributed by atoms with Crippen LogP contribution in [-0.4, -0.2) is 42.4 Å². The summed E-state index contributed by atoms with van der Waals surface area (Å²) >= 11 is 0. The molecule has 3 nitrogen and oxygen atoms in total. The molecule has 1 amide bonds. The SMILES string of the molecule is C[C@@H]1CCCN(CCC(=O)N(C)Cc2ccc(F)cc2)C1. The van der Waals surface area contributed by atoms with E-state index in [4.69, 9.17) is 0 Å². The zero-order chi connectivity index (χ0) is 15.2. The van der Waals surface area contributed by atoms with Crippen molar-refractivity contribution >= 4 is 5.91 Å². The number of carbonyl (C=O) groups is 1. The van der Waals surface area contributed by atoms with Gasteiger partial charge in [-0.05, 0) is 43.0 Å². The van der Waals surface area contributed by atoms with Gasteiger partial charge in [-0.2, -0.15) is 0 Å². The first-order valence-electron chi connectivity index (χ1n) is 7.75. The number of hydrogen-bond acceptors (Lipinski definition) is 2. The van der Waals surface area contributed by atoms with Gasteiger partial charge in [-0.15, -0.1) is 0 Å². The third kappa shape index (κ3) is 5.12. The second-order valence-electron chi connectivity index (χ2n) is 6.17. The van der Waals surface area contributed by atoms with Crippen LogP contribution in [0.2, 0.25) is 0 Å². The third-order valence-corrected chi connectivity index (χ3v) is 4.14. The number of hydrogen-bond donors (Lipinski definition) is 0. The minimum atomic E-state index is -0.244. The van der Waals surface area contributed by atoms with Crippen molar-refractivity contribution in [3.63, 3.8) is 0 Å². The molecule has 1 saturated heterocycles. The Morgan fingerprint density at radius 3 is 2.76 bits per heavy atom. The summed E-state index contributed by atoms with van der Waals surface area (Å²) in [6, 6.07) is 6.32. The van der Waals surface area contributed by atoms with E-state index >= 15 is 0 Å². The quantitative estimate of drug-likeness (QED) is 0.833. The number of likely N-dealkylation sites (tertiary alicyclic amines) is 1. The smallest absolute Gasteiger partial charge is 0.223 e. The molecule has 0 bridgehead atoms. The van der Waals surface area contributed by atoms with E-state index in [1.54, 1.807) is 17.0 Å². The van der Waals surface area contributed by atoms with Crippen LogP contribution in [0, 0.1) is 11.7 Å². The number of benzene rings is 1. The molecular formula is C17H25FN2O. The summed E-state index contributed by atoms with van der Waals surface area (Å²) in [6.07, 6.45) is 3.10. The predicted molar refractivity (Wildman–Crippen MR) is 82.3 cm³/mol. The molecule has 2 rings (SSSR count). The van der Waals surface area contributed by atoms with Gasteiger partial charge in [-0.1, -0.05) is 19.1 Å². The summed E-state index contributed by atoms with van der Waals surface area (Å²) < 4.78 is 12.9. The van der Waals surface area contributed by atoms with Gasteiger partial charge in [-0.3, -0.25) is 4.79 Å². The van der Waals surface area contributed by atoms with Crippen LogP contribution in [-0.2, 0) is 11.3 Å². The van der Waals surface area contributed by atoms with Gasteiger partial charge < -0.3 is 9.80 Å². The molecule has 21 heavy (non-hydrogen) atoms. The fraction of sp³-hybridized carbons (Fsp3) is 0.588. The molecule has 4 heteroatoms. The third-order valence-electron chi connectivity index (χ3n) is 4.14. The van der Waals surface area contributed by atoms with Crippen LogP contribution in [0.3, 0.4) is 0 Å². The lowest BCUT2D eigenvalue weighted by Crippen LogP contribution is -2.37. The van der Waals surface area contributed by atoms with Crippen LogP contribution in [0.25, 0.3) is 0 Å². The summed E-state index contributed by atoms with van der Waals surface area (Å²) in [5, 5.41) is 0. The highest BCUT2D eigenvalue weighted by molar-refractivity contribution is 5.76. The van der Waals surface area contributed by atoms with Crippen LogP contribution < -0.4 is 0 Å². The maximum atomic E-state index is 12.9. The first kappa shape index (κ1) is 16.0. The summed E-state index contributed by atoms with van der Waals surface area (Å²) in [4.78, 5) is 16.3. The molecule has 1 aromatic carbocycles. The monoisotopic (exact) mass is 292 g/mol. The van der Waals surface area contributed by atoms with Crippen molar-refractivity contribution in [1.82, 2.24) is 9.80 Å². The first-order chi connectivity index (χ1) is 10.0. The van der Waals surface area contributed by atoms with Crippen molar-refractivity contribution in [2.45, 2.75) is 32.7 Å². The Hall–Kier alpha value is -1.42. The second-order valence-corrected chi connectivity index (χ2v) is 6.17. The molecule has 0 N–H and O–H groups in total. The van der Waals surface area contributed by atoms with Gasteiger partial charge in [0, 0.05) is 33.1 Å². The molecule has 1 aliphatic heterocycles. The lowest BCUT2D eigenvalue weighted by molar-refractivity contribution is -0.130. The van der Waals surface area contributed by atoms with E-state index in [1.807, 2.05) is 7.05 Å². The van der Waals surface area contributed by atoms with Crippen LogP contribution in [0.5, 0.6) is 0 Å². The van der Waals surface area contributed by atoms with Crippen LogP contribution in [0.1, 0.15) is 31.7 Å². The van der Waals surface area contributed by atoms with E-state index < -0.39 is 0 Å². The summed E-state index contributed by atoms with van der Waals surface area (Å²) in [7, 11) is 1.81. The highest BCUT2D eigenvalue weighted by Gasteiger charge is 2.17. The highest BCUT2D eigenvalue weighted by Crippen LogP contribution is 2.15. The standard InChI is InChI=1S/C17H25FN2O/c1-14-4-3-10-20(12-14)11-9-17(21)19(2)13-15-5-7-16(18)8-6-15/h5-8,14H,3-4,9-13H2,1-2H3/t14-/m1/s1. The molecule has 1 aliphatic rings. The van der Waals surface area contributed by atoms with E-state index in [0.717, 1.165) is 31.1 Å². The molecule has 0 aliphatic carbocycles. The fourth-order valence-electron chi connectivity index (χ4n) is 2.89. The largest absolute Gasteiger partial charge is 0.341 e. The van der Waals surface area contributed by atoms with Gasteiger partial charge in [-0.25, -0.2) is 4.39 Å². The average molecular weight is 292 g/mol. The first-order valence-corrected chi connectivity index (χ1v) is 7.75. The van der Waals surface area contributed by atoms with Gasteiger partial charge in [0.1, 0.15) is 5.82 Å². The molecule has 1 aromatic rings. The maximum absolute atomic E-state index is 12.9. The van der Waals surface area contributed by atoms with E-state index in [2.05, 4.69) is 11.8 Å². The maximum Gasteiger partial charge on any atom is 0.223 e. The Balaban J connectivity index is 1.75. The van der Waals surface area contributed by atoms with Gasteiger partial charge in [0.15, 0.2) is 0 Å². The van der Waals surface area contributed by atoms with Crippen molar-refractivity contribution in [2.24, 2.45) is 5.92 Å². The fourth-order valence-corrected chi connectivity index (χ4v) is 2.89. The van der Waals surface area contributed by atoms with Crippen molar-refractivity contribution in [3.8, 4) is 0 Å². The van der Waals surface area contributed by atoms with Gasteiger partial charge in [0.05, 0.1) is 0 Å². The number of amides is 1. The van der Waals surface area contributed by atoms with E-state index in [1.165, 1.54) is 25.0 Å². The number of piperidine rings is 1. The Kier molecular flexibility index (Phi) is 5.74. The zero-order valence-electron chi connectivity index (χ0n) is 13.0. The molecule has 1 atom stereocenters. The minimum absolute atomic E-state index is 0.151. The zero-order valence-corrected chi connectivity index (χ0v) is 13.0. The van der Waals surface area contributed by atoms with E-state index in [0.29, 0.717) is 13.0 Å². The van der Waals surface area contributed by atoms with Gasteiger partial charge in [0.2, 0.25) is 5.91 Å². The van der Waals surface area contributed by atoms with Crippen molar-refractivity contribution < 1.29 is 9.18 Å². The molecule has 0 saturated carbocycles. The van der Waals surface area contributed by atoms with Crippen molar-refractivity contribution in [1.29, 1.82) is 0 Å². The summed E-state index contributed by atoms with van der Waals surface area (Å²) in [6.45, 7) is 5.87. The molecule has 116 valence electrons. The average Bonchev–Trinajstić information content (AvgIpc) is 2.47. The molecular weight excluding hydrogens is 267 g/mol. The Morgan fingerprint density at radius 2 is 2.10 bits per heavy atom. The molecule has 1 heterocycles. The van der Waals surface area contributed by atoms with Gasteiger partial charge in [0.25, 0.3) is 0 Å². The number of nitrogens with zero attached hydrogens (tertiary/aromatic N) is 2. The number of halogens is 1. The second kappa shape index (κ2) is 7.55. The van der Waals surface area contributed by atoms with E-state index in [9.17, 15) is 9.18 Å². The number of carbonyl (C=O) groups excluding carboxylic acids is 1. The Morgan fingerprint density at radius 1 is 1.38 bits per heavy atom. The van der Waals surface area contributed by atoms with Crippen LogP contribution in [0.4, 0.5) is 4.39 Å².